The second-order valence-corrected chi connectivity index (χ2v) is 8.09. The highest BCUT2D eigenvalue weighted by Crippen LogP contribution is 2.38. The minimum absolute atomic E-state index is 0.169. The number of likely N-dealkylation sites (tertiary alicyclic amines) is 1. The normalized spacial score (nSPS) is 19.9. The number of aromatic nitrogens is 4. The van der Waals surface area contributed by atoms with Gasteiger partial charge in [0.1, 0.15) is 11.9 Å². The van der Waals surface area contributed by atoms with E-state index in [2.05, 4.69) is 15.0 Å². The third-order valence-electron chi connectivity index (χ3n) is 4.29. The van der Waals surface area contributed by atoms with Gasteiger partial charge in [-0.05, 0) is 40.2 Å². The Bertz CT molecular complexity index is 846. The summed E-state index contributed by atoms with van der Waals surface area (Å²) >= 11 is 5.27. The monoisotopic (exact) mass is 388 g/mol. The van der Waals surface area contributed by atoms with Crippen molar-refractivity contribution in [2.75, 3.05) is 6.54 Å². The van der Waals surface area contributed by atoms with Crippen molar-refractivity contribution in [1.82, 2.24) is 24.4 Å². The molecular weight excluding hydrogens is 364 g/mol. The molecule has 1 amide bonds. The number of hydrogen-bond donors (Lipinski definition) is 1. The first-order valence-electron chi connectivity index (χ1n) is 8.78. The van der Waals surface area contributed by atoms with E-state index in [0.717, 1.165) is 5.69 Å². The standard InChI is InChI=1S/C18H24N6O2S/c1-11-9-13(22-16(21-11)23-8-6-20-10-23)14-12(15(19)27)5-7-24(14)17(25)26-18(2,3)4/h6,8-10,12,14H,5,7H2,1-4H3,(H2,19,27)/t12-,14+/m1/s1. The third kappa shape index (κ3) is 4.24. The zero-order valence-corrected chi connectivity index (χ0v) is 16.7. The molecule has 1 fully saturated rings. The van der Waals surface area contributed by atoms with Crippen LogP contribution < -0.4 is 5.73 Å². The summed E-state index contributed by atoms with van der Waals surface area (Å²) in [7, 11) is 0. The molecule has 144 valence electrons. The van der Waals surface area contributed by atoms with E-state index < -0.39 is 11.7 Å². The van der Waals surface area contributed by atoms with Gasteiger partial charge in [0.25, 0.3) is 0 Å². The van der Waals surface area contributed by atoms with E-state index in [4.69, 9.17) is 22.7 Å². The lowest BCUT2D eigenvalue weighted by atomic mass is 9.97. The van der Waals surface area contributed by atoms with Crippen LogP contribution in [0.3, 0.4) is 0 Å². The largest absolute Gasteiger partial charge is 0.444 e. The fourth-order valence-electron chi connectivity index (χ4n) is 3.20. The first kappa shape index (κ1) is 19.2. The van der Waals surface area contributed by atoms with Gasteiger partial charge in [0.05, 0.1) is 16.7 Å². The Morgan fingerprint density at radius 2 is 2.11 bits per heavy atom. The molecule has 0 bridgehead atoms. The molecule has 27 heavy (non-hydrogen) atoms. The molecule has 2 aromatic heterocycles. The summed E-state index contributed by atoms with van der Waals surface area (Å²) in [6.07, 6.45) is 5.33. The van der Waals surface area contributed by atoms with Gasteiger partial charge in [-0.25, -0.2) is 19.7 Å². The van der Waals surface area contributed by atoms with Crippen LogP contribution in [0.2, 0.25) is 0 Å². The first-order chi connectivity index (χ1) is 12.7. The Morgan fingerprint density at radius 1 is 1.37 bits per heavy atom. The van der Waals surface area contributed by atoms with Gasteiger partial charge in [-0.15, -0.1) is 0 Å². The molecule has 9 heteroatoms. The highest BCUT2D eigenvalue weighted by atomic mass is 32.1. The molecule has 3 heterocycles. The minimum atomic E-state index is -0.591. The predicted molar refractivity (Wildman–Crippen MR) is 104 cm³/mol. The van der Waals surface area contributed by atoms with Crippen molar-refractivity contribution >= 4 is 23.3 Å². The van der Waals surface area contributed by atoms with Crippen LogP contribution >= 0.6 is 12.2 Å². The maximum absolute atomic E-state index is 12.8. The van der Waals surface area contributed by atoms with Crippen molar-refractivity contribution in [2.45, 2.75) is 45.8 Å². The van der Waals surface area contributed by atoms with E-state index in [1.807, 2.05) is 33.8 Å². The average molecular weight is 388 g/mol. The van der Waals surface area contributed by atoms with Crippen molar-refractivity contribution in [3.8, 4) is 5.95 Å². The average Bonchev–Trinajstić information content (AvgIpc) is 3.22. The number of rotatable bonds is 3. The van der Waals surface area contributed by atoms with Gasteiger partial charge in [-0.3, -0.25) is 9.47 Å². The first-order valence-corrected chi connectivity index (χ1v) is 9.19. The molecule has 0 radical (unpaired) electrons. The maximum atomic E-state index is 12.8. The number of hydrogen-bond acceptors (Lipinski definition) is 6. The van der Waals surface area contributed by atoms with Crippen LogP contribution in [0, 0.1) is 12.8 Å². The van der Waals surface area contributed by atoms with Crippen LogP contribution in [-0.4, -0.2) is 47.6 Å². The molecule has 3 rings (SSSR count). The predicted octanol–water partition coefficient (Wildman–Crippen LogP) is 2.55. The van der Waals surface area contributed by atoms with E-state index in [-0.39, 0.29) is 12.0 Å². The number of ether oxygens (including phenoxy) is 1. The molecule has 1 aliphatic rings. The summed E-state index contributed by atoms with van der Waals surface area (Å²) < 4.78 is 7.30. The smallest absolute Gasteiger partial charge is 0.410 e. The van der Waals surface area contributed by atoms with Gasteiger partial charge in [-0.2, -0.15) is 0 Å². The van der Waals surface area contributed by atoms with Gasteiger partial charge >= 0.3 is 6.09 Å². The Kier molecular flexibility index (Phi) is 5.14. The van der Waals surface area contributed by atoms with Crippen molar-refractivity contribution in [3.05, 3.63) is 36.2 Å². The van der Waals surface area contributed by atoms with Crippen molar-refractivity contribution in [2.24, 2.45) is 11.7 Å². The van der Waals surface area contributed by atoms with Gasteiger partial charge in [0, 0.05) is 30.6 Å². The van der Waals surface area contributed by atoms with Crippen LogP contribution in [0.25, 0.3) is 5.95 Å². The molecule has 1 aliphatic heterocycles. The molecule has 0 saturated carbocycles. The maximum Gasteiger partial charge on any atom is 0.410 e. The second kappa shape index (κ2) is 7.22. The Balaban J connectivity index is 2.01. The Labute approximate surface area is 163 Å². The van der Waals surface area contributed by atoms with Crippen molar-refractivity contribution in [3.63, 3.8) is 0 Å². The molecule has 8 nitrogen and oxygen atoms in total. The highest BCUT2D eigenvalue weighted by molar-refractivity contribution is 7.80. The van der Waals surface area contributed by atoms with Crippen molar-refractivity contribution in [1.29, 1.82) is 0 Å². The molecule has 0 aliphatic carbocycles. The lowest BCUT2D eigenvalue weighted by molar-refractivity contribution is 0.0212. The van der Waals surface area contributed by atoms with Crippen LogP contribution in [0.5, 0.6) is 0 Å². The molecule has 0 aromatic carbocycles. The number of nitrogens with zero attached hydrogens (tertiary/aromatic N) is 5. The quantitative estimate of drug-likeness (QED) is 0.807. The summed E-state index contributed by atoms with van der Waals surface area (Å²) in [6.45, 7) is 7.91. The van der Waals surface area contributed by atoms with Gasteiger partial charge < -0.3 is 10.5 Å². The summed E-state index contributed by atoms with van der Waals surface area (Å²) in [5, 5.41) is 0. The summed E-state index contributed by atoms with van der Waals surface area (Å²) in [4.78, 5) is 28.0. The lowest BCUT2D eigenvalue weighted by Crippen LogP contribution is -2.39. The summed E-state index contributed by atoms with van der Waals surface area (Å²) in [6, 6.07) is 1.47. The lowest BCUT2D eigenvalue weighted by Gasteiger charge is -2.30. The molecular formula is C18H24N6O2S. The fourth-order valence-corrected chi connectivity index (χ4v) is 3.45. The zero-order valence-electron chi connectivity index (χ0n) is 15.9. The number of aryl methyl sites for hydroxylation is 1. The number of carbonyl (C=O) groups is 1. The Hall–Kier alpha value is -2.55. The second-order valence-electron chi connectivity index (χ2n) is 7.62. The van der Waals surface area contributed by atoms with E-state index in [0.29, 0.717) is 29.6 Å². The van der Waals surface area contributed by atoms with Crippen molar-refractivity contribution < 1.29 is 9.53 Å². The minimum Gasteiger partial charge on any atom is -0.444 e. The zero-order chi connectivity index (χ0) is 19.8. The van der Waals surface area contributed by atoms with E-state index in [1.54, 1.807) is 28.2 Å². The van der Waals surface area contributed by atoms with Gasteiger partial charge in [0.15, 0.2) is 0 Å². The van der Waals surface area contributed by atoms with Crippen LogP contribution in [0.1, 0.15) is 44.6 Å². The van der Waals surface area contributed by atoms with Crippen LogP contribution in [0.4, 0.5) is 4.79 Å². The van der Waals surface area contributed by atoms with Gasteiger partial charge in [0.2, 0.25) is 5.95 Å². The number of imidazole rings is 1. The molecule has 2 aromatic rings. The van der Waals surface area contributed by atoms with Crippen LogP contribution in [0.15, 0.2) is 24.8 Å². The SMILES string of the molecule is Cc1cc([C@@H]2[C@H](C(N)=S)CCN2C(=O)OC(C)(C)C)nc(-n2ccnc2)n1. The molecule has 2 atom stereocenters. The molecule has 1 saturated heterocycles. The van der Waals surface area contributed by atoms with E-state index in [9.17, 15) is 4.79 Å². The number of nitrogens with two attached hydrogens (primary N) is 1. The van der Waals surface area contributed by atoms with E-state index >= 15 is 0 Å². The molecule has 2 N–H and O–H groups in total. The van der Waals surface area contributed by atoms with E-state index in [1.165, 1.54) is 0 Å². The fraction of sp³-hybridized carbons (Fsp3) is 0.500. The summed E-state index contributed by atoms with van der Waals surface area (Å²) in [5.41, 5.74) is 6.86. The number of carbonyl (C=O) groups excluding carboxylic acids is 1. The molecule has 0 spiro atoms. The number of thiocarbonyl (C=S) groups is 1. The highest BCUT2D eigenvalue weighted by Gasteiger charge is 2.42. The Morgan fingerprint density at radius 3 is 2.70 bits per heavy atom. The van der Waals surface area contributed by atoms with Crippen LogP contribution in [-0.2, 0) is 4.74 Å². The third-order valence-corrected chi connectivity index (χ3v) is 4.59. The summed E-state index contributed by atoms with van der Waals surface area (Å²) in [5.74, 6) is 0.317. The van der Waals surface area contributed by atoms with Gasteiger partial charge in [-0.1, -0.05) is 12.2 Å². The molecule has 0 unspecified atom stereocenters. The topological polar surface area (TPSA) is 99.2 Å². The number of amides is 1.